The van der Waals surface area contributed by atoms with E-state index in [0.29, 0.717) is 11.4 Å². The maximum Gasteiger partial charge on any atom is 0.329 e. The molecule has 0 unspecified atom stereocenters. The van der Waals surface area contributed by atoms with Gasteiger partial charge in [0.1, 0.15) is 12.4 Å². The molecule has 0 saturated heterocycles. The molecule has 1 N–H and O–H groups in total. The van der Waals surface area contributed by atoms with Crippen LogP contribution in [0.25, 0.3) is 22.5 Å². The third kappa shape index (κ3) is 6.36. The molecule has 1 aromatic heterocycles. The van der Waals surface area contributed by atoms with E-state index < -0.39 is 25.1 Å². The summed E-state index contributed by atoms with van der Waals surface area (Å²) in [7, 11) is 0. The highest BCUT2D eigenvalue weighted by atomic mass is 16.5. The lowest BCUT2D eigenvalue weighted by Gasteiger charge is -2.28. The Labute approximate surface area is 187 Å². The van der Waals surface area contributed by atoms with Crippen LogP contribution in [0.5, 0.6) is 0 Å². The van der Waals surface area contributed by atoms with Crippen LogP contribution in [-0.4, -0.2) is 46.8 Å². The predicted molar refractivity (Wildman–Crippen MR) is 123 cm³/mol. The van der Waals surface area contributed by atoms with Crippen molar-refractivity contribution in [1.29, 1.82) is 0 Å². The highest BCUT2D eigenvalue weighted by Gasteiger charge is 2.17. The molecule has 0 fully saturated rings. The zero-order valence-corrected chi connectivity index (χ0v) is 17.8. The second-order valence-corrected chi connectivity index (χ2v) is 7.15. The number of hydrogen-bond acceptors (Lipinski definition) is 5. The number of benzene rings is 2. The van der Waals surface area contributed by atoms with Crippen molar-refractivity contribution >= 4 is 11.8 Å². The lowest BCUT2D eigenvalue weighted by Crippen LogP contribution is -2.33. The second-order valence-electron chi connectivity index (χ2n) is 7.15. The number of aromatic nitrogens is 2. The third-order valence-electron chi connectivity index (χ3n) is 4.49. The van der Waals surface area contributed by atoms with Gasteiger partial charge in [0.2, 0.25) is 0 Å². The average Bonchev–Trinajstić information content (AvgIpc) is 2.78. The first-order chi connectivity index (χ1) is 16.1. The van der Waals surface area contributed by atoms with E-state index in [2.05, 4.69) is 4.98 Å². The summed E-state index contributed by atoms with van der Waals surface area (Å²) in [6.07, 6.45) is 1.81. The molecular weight excluding hydrogens is 390 g/mol. The van der Waals surface area contributed by atoms with E-state index in [9.17, 15) is 4.79 Å². The minimum Gasteiger partial charge on any atom is -0.480 e. The Morgan fingerprint density at radius 1 is 1.06 bits per heavy atom. The molecule has 6 nitrogen and oxygen atoms in total. The number of hydrogen-bond donors (Lipinski definition) is 1. The highest BCUT2D eigenvalue weighted by Crippen LogP contribution is 2.30. The minimum atomic E-state index is -1.95. The van der Waals surface area contributed by atoms with Crippen LogP contribution in [-0.2, 0) is 9.53 Å². The van der Waals surface area contributed by atoms with Crippen molar-refractivity contribution in [3.05, 3.63) is 66.9 Å². The number of nitrogens with zero attached hydrogens (tertiary/aromatic N) is 3. The van der Waals surface area contributed by atoms with Crippen LogP contribution >= 0.6 is 0 Å². The first-order valence-electron chi connectivity index (χ1n) is 11.7. The normalized spacial score (nSPS) is 13.2. The van der Waals surface area contributed by atoms with Gasteiger partial charge in [-0.1, -0.05) is 60.7 Å². The predicted octanol–water partition coefficient (Wildman–Crippen LogP) is 4.91. The maximum absolute atomic E-state index is 10.6. The van der Waals surface area contributed by atoms with Gasteiger partial charge in [0.15, 0.2) is 0 Å². The van der Waals surface area contributed by atoms with Crippen LogP contribution in [0.4, 0.5) is 5.82 Å². The molecule has 6 heteroatoms. The topological polar surface area (TPSA) is 75.5 Å². The molecule has 2 aromatic carbocycles. The van der Waals surface area contributed by atoms with Crippen LogP contribution in [0.2, 0.25) is 0 Å². The third-order valence-corrected chi connectivity index (χ3v) is 4.49. The number of ether oxygens (including phenoxy) is 1. The van der Waals surface area contributed by atoms with Crippen LogP contribution in [0.15, 0.2) is 66.9 Å². The van der Waals surface area contributed by atoms with E-state index >= 15 is 0 Å². The maximum atomic E-state index is 10.6. The van der Waals surface area contributed by atoms with Gasteiger partial charge in [-0.05, 0) is 26.7 Å². The van der Waals surface area contributed by atoms with Gasteiger partial charge in [-0.25, -0.2) is 9.78 Å². The van der Waals surface area contributed by atoms with Crippen molar-refractivity contribution in [2.24, 2.45) is 0 Å². The number of anilines is 1. The number of rotatable bonds is 11. The number of carboxylic acids is 1. The van der Waals surface area contributed by atoms with Gasteiger partial charge in [0.05, 0.1) is 19.0 Å². The quantitative estimate of drug-likeness (QED) is 0.443. The fourth-order valence-electron chi connectivity index (χ4n) is 3.08. The Morgan fingerprint density at radius 3 is 2.26 bits per heavy atom. The molecule has 0 spiro atoms. The monoisotopic (exact) mass is 422 g/mol. The van der Waals surface area contributed by atoms with Crippen molar-refractivity contribution in [3.63, 3.8) is 0 Å². The largest absolute Gasteiger partial charge is 0.480 e. The van der Waals surface area contributed by atoms with Crippen molar-refractivity contribution in [3.8, 4) is 22.5 Å². The molecule has 3 aromatic rings. The van der Waals surface area contributed by atoms with E-state index in [1.165, 1.54) is 11.1 Å². The Morgan fingerprint density at radius 2 is 1.68 bits per heavy atom. The minimum absolute atomic E-state index is 0.0255. The van der Waals surface area contributed by atoms with Gasteiger partial charge in [-0.3, -0.25) is 4.98 Å². The Hall–Kier alpha value is -3.25. The van der Waals surface area contributed by atoms with Gasteiger partial charge in [-0.2, -0.15) is 0 Å². The van der Waals surface area contributed by atoms with Crippen LogP contribution in [0.1, 0.15) is 30.8 Å². The van der Waals surface area contributed by atoms with Gasteiger partial charge in [0, 0.05) is 33.0 Å². The summed E-state index contributed by atoms with van der Waals surface area (Å²) < 4.78 is 31.1. The summed E-state index contributed by atoms with van der Waals surface area (Å²) in [5.74, 6) is -0.825. The summed E-state index contributed by atoms with van der Waals surface area (Å²) >= 11 is 0. The molecule has 0 radical (unpaired) electrons. The molecule has 0 bridgehead atoms. The molecule has 162 valence electrons. The Kier molecular flexibility index (Phi) is 6.70. The van der Waals surface area contributed by atoms with Crippen molar-refractivity contribution in [2.45, 2.75) is 32.7 Å². The zero-order chi connectivity index (χ0) is 24.8. The Bertz CT molecular complexity index is 1090. The fourth-order valence-corrected chi connectivity index (χ4v) is 3.08. The standard InChI is InChI=1S/C25H29N3O3/c1-19(2)28(15-9-10-16-31-18-23(29)30)22-17-26-24(20-11-5-3-6-12-20)25(27-22)21-13-7-4-8-14-21/h3-8,11-14,17,19H,9-10,15-16,18H2,1-2H3,(H,29,30)/i15D2,19D. The molecule has 31 heavy (non-hydrogen) atoms. The number of carbonyl (C=O) groups is 1. The summed E-state index contributed by atoms with van der Waals surface area (Å²) in [6.45, 7) is 0.922. The fraction of sp³-hybridized carbons (Fsp3) is 0.320. The van der Waals surface area contributed by atoms with Gasteiger partial charge >= 0.3 is 5.97 Å². The van der Waals surface area contributed by atoms with Crippen LogP contribution in [0, 0.1) is 0 Å². The lowest BCUT2D eigenvalue weighted by atomic mass is 10.0. The first kappa shape index (κ1) is 18.5. The van der Waals surface area contributed by atoms with Gasteiger partial charge < -0.3 is 14.7 Å². The summed E-state index contributed by atoms with van der Waals surface area (Å²) in [5.41, 5.74) is 2.98. The smallest absolute Gasteiger partial charge is 0.329 e. The summed E-state index contributed by atoms with van der Waals surface area (Å²) in [5, 5.41) is 8.69. The van der Waals surface area contributed by atoms with E-state index in [1.807, 2.05) is 60.7 Å². The molecule has 0 atom stereocenters. The van der Waals surface area contributed by atoms with Crippen LogP contribution in [0.3, 0.4) is 0 Å². The summed E-state index contributed by atoms with van der Waals surface area (Å²) in [6, 6.07) is 17.9. The average molecular weight is 423 g/mol. The van der Waals surface area contributed by atoms with Gasteiger partial charge in [0.25, 0.3) is 0 Å². The van der Waals surface area contributed by atoms with Crippen LogP contribution < -0.4 is 4.90 Å². The van der Waals surface area contributed by atoms with E-state index in [4.69, 9.17) is 18.9 Å². The van der Waals surface area contributed by atoms with Crippen molar-refractivity contribution in [1.82, 2.24) is 9.97 Å². The number of carboxylic acid groups (broad SMARTS) is 1. The molecule has 0 aliphatic rings. The molecule has 1 heterocycles. The zero-order valence-electron chi connectivity index (χ0n) is 20.8. The SMILES string of the molecule is [2H]C(C)(C)N(c1cnc(-c2ccccc2)c(-c2ccccc2)n1)C([2H])([2H])CCCOCC(=O)O. The second kappa shape index (κ2) is 11.2. The molecular formula is C25H29N3O3. The van der Waals surface area contributed by atoms with E-state index in [0.717, 1.165) is 11.1 Å². The lowest BCUT2D eigenvalue weighted by molar-refractivity contribution is -0.142. The molecule has 0 aliphatic heterocycles. The van der Waals surface area contributed by atoms with Crippen molar-refractivity contribution in [2.75, 3.05) is 24.6 Å². The molecule has 0 amide bonds. The molecule has 0 saturated carbocycles. The van der Waals surface area contributed by atoms with E-state index in [1.54, 1.807) is 13.8 Å². The van der Waals surface area contributed by atoms with Crippen molar-refractivity contribution < 1.29 is 18.8 Å². The number of aliphatic carboxylic acids is 1. The molecule has 3 rings (SSSR count). The highest BCUT2D eigenvalue weighted by molar-refractivity contribution is 5.78. The van der Waals surface area contributed by atoms with E-state index in [-0.39, 0.29) is 25.3 Å². The molecule has 0 aliphatic carbocycles. The summed E-state index contributed by atoms with van der Waals surface area (Å²) in [4.78, 5) is 21.4. The van der Waals surface area contributed by atoms with Gasteiger partial charge in [-0.15, -0.1) is 0 Å². The first-order valence-corrected chi connectivity index (χ1v) is 10.2. The Balaban J connectivity index is 1.99.